The molecule has 0 saturated heterocycles. The van der Waals surface area contributed by atoms with Gasteiger partial charge in [-0.1, -0.05) is 19.8 Å². The molecule has 114 valence electrons. The van der Waals surface area contributed by atoms with E-state index in [9.17, 15) is 8.42 Å². The van der Waals surface area contributed by atoms with E-state index in [1.54, 1.807) is 6.92 Å². The summed E-state index contributed by atoms with van der Waals surface area (Å²) in [5, 5.41) is 0. The number of hydrogen-bond donors (Lipinski definition) is 2. The molecule has 0 bridgehead atoms. The lowest BCUT2D eigenvalue weighted by atomic mass is 9.89. The van der Waals surface area contributed by atoms with Crippen LogP contribution in [0, 0.1) is 0 Å². The van der Waals surface area contributed by atoms with Gasteiger partial charge in [0.05, 0.1) is 17.4 Å². The standard InChI is InChI=1S/C13H28N2O3S/c1-3-18-13(9-5-6-10-13)12(15-14)8-7-11-19(16,17)4-2/h12,15H,3-11,14H2,1-2H3. The first-order chi connectivity index (χ1) is 8.99. The van der Waals surface area contributed by atoms with Crippen LogP contribution in [0.3, 0.4) is 0 Å². The van der Waals surface area contributed by atoms with Crippen molar-refractivity contribution in [2.24, 2.45) is 5.84 Å². The van der Waals surface area contributed by atoms with Crippen LogP contribution in [0.1, 0.15) is 52.4 Å². The third kappa shape index (κ3) is 4.70. The van der Waals surface area contributed by atoms with Gasteiger partial charge < -0.3 is 4.74 Å². The molecule has 1 saturated carbocycles. The number of ether oxygens (including phenoxy) is 1. The van der Waals surface area contributed by atoms with Crippen LogP contribution in [0.5, 0.6) is 0 Å². The predicted molar refractivity (Wildman–Crippen MR) is 77.5 cm³/mol. The number of nitrogens with one attached hydrogen (secondary N) is 1. The first-order valence-corrected chi connectivity index (χ1v) is 9.12. The van der Waals surface area contributed by atoms with Gasteiger partial charge in [-0.25, -0.2) is 8.42 Å². The van der Waals surface area contributed by atoms with Gasteiger partial charge in [0, 0.05) is 12.4 Å². The van der Waals surface area contributed by atoms with Gasteiger partial charge in [-0.2, -0.15) is 0 Å². The lowest BCUT2D eigenvalue weighted by molar-refractivity contribution is -0.0633. The van der Waals surface area contributed by atoms with Gasteiger partial charge in [0.1, 0.15) is 9.84 Å². The molecule has 19 heavy (non-hydrogen) atoms. The summed E-state index contributed by atoms with van der Waals surface area (Å²) in [7, 11) is -2.89. The van der Waals surface area contributed by atoms with Crippen LogP contribution in [-0.4, -0.2) is 38.2 Å². The minimum absolute atomic E-state index is 0.0435. The van der Waals surface area contributed by atoms with Crippen LogP contribution >= 0.6 is 0 Å². The van der Waals surface area contributed by atoms with Gasteiger partial charge in [0.25, 0.3) is 0 Å². The Bertz CT molecular complexity index is 351. The summed E-state index contributed by atoms with van der Waals surface area (Å²) in [6.45, 7) is 4.35. The average Bonchev–Trinajstić information content (AvgIpc) is 2.84. The first kappa shape index (κ1) is 16.9. The summed E-state index contributed by atoms with van der Waals surface area (Å²) in [5.41, 5.74) is 2.66. The molecule has 1 aliphatic carbocycles. The Labute approximate surface area is 117 Å². The quantitative estimate of drug-likeness (QED) is 0.496. The van der Waals surface area contributed by atoms with Crippen LogP contribution in [0.4, 0.5) is 0 Å². The van der Waals surface area contributed by atoms with E-state index in [2.05, 4.69) is 5.43 Å². The van der Waals surface area contributed by atoms with E-state index >= 15 is 0 Å². The van der Waals surface area contributed by atoms with Crippen molar-refractivity contribution >= 4 is 9.84 Å². The van der Waals surface area contributed by atoms with Crippen molar-refractivity contribution < 1.29 is 13.2 Å². The molecule has 0 spiro atoms. The topological polar surface area (TPSA) is 81.4 Å². The summed E-state index contributed by atoms with van der Waals surface area (Å²) in [6.07, 6.45) is 5.72. The van der Waals surface area contributed by atoms with E-state index in [4.69, 9.17) is 10.6 Å². The zero-order chi connectivity index (χ0) is 14.4. The number of sulfone groups is 1. The van der Waals surface area contributed by atoms with Crippen molar-refractivity contribution in [3.8, 4) is 0 Å². The Kier molecular flexibility index (Phi) is 6.73. The Balaban J connectivity index is 2.56. The van der Waals surface area contributed by atoms with E-state index < -0.39 is 9.84 Å². The van der Waals surface area contributed by atoms with Crippen molar-refractivity contribution in [1.82, 2.24) is 5.43 Å². The second-order valence-electron chi connectivity index (χ2n) is 5.30. The Morgan fingerprint density at radius 2 is 1.95 bits per heavy atom. The molecule has 6 heteroatoms. The van der Waals surface area contributed by atoms with E-state index in [1.165, 1.54) is 0 Å². The van der Waals surface area contributed by atoms with Crippen LogP contribution in [0.15, 0.2) is 0 Å². The van der Waals surface area contributed by atoms with E-state index in [0.29, 0.717) is 13.0 Å². The zero-order valence-corrected chi connectivity index (χ0v) is 13.0. The van der Waals surface area contributed by atoms with E-state index in [0.717, 1.165) is 32.1 Å². The highest BCUT2D eigenvalue weighted by molar-refractivity contribution is 7.91. The molecule has 0 aliphatic heterocycles. The minimum Gasteiger partial charge on any atom is -0.374 e. The molecule has 0 radical (unpaired) electrons. The summed E-state index contributed by atoms with van der Waals surface area (Å²) in [5.74, 6) is 6.12. The molecule has 0 aromatic heterocycles. The fourth-order valence-corrected chi connectivity index (χ4v) is 3.90. The largest absolute Gasteiger partial charge is 0.374 e. The summed E-state index contributed by atoms with van der Waals surface area (Å²) >= 11 is 0. The third-order valence-electron chi connectivity index (χ3n) is 4.11. The highest BCUT2D eigenvalue weighted by Crippen LogP contribution is 2.37. The minimum atomic E-state index is -2.89. The molecule has 3 N–H and O–H groups in total. The van der Waals surface area contributed by atoms with Crippen LogP contribution in [0.25, 0.3) is 0 Å². The van der Waals surface area contributed by atoms with Gasteiger partial charge in [-0.05, 0) is 32.6 Å². The van der Waals surface area contributed by atoms with Gasteiger partial charge in [-0.15, -0.1) is 0 Å². The Morgan fingerprint density at radius 1 is 1.32 bits per heavy atom. The molecule has 0 aromatic rings. The summed E-state index contributed by atoms with van der Waals surface area (Å²) in [6, 6.07) is 0.0435. The zero-order valence-electron chi connectivity index (χ0n) is 12.2. The second-order valence-corrected chi connectivity index (χ2v) is 7.78. The third-order valence-corrected chi connectivity index (χ3v) is 5.90. The summed E-state index contributed by atoms with van der Waals surface area (Å²) in [4.78, 5) is 0. The molecule has 1 fully saturated rings. The van der Waals surface area contributed by atoms with Gasteiger partial charge >= 0.3 is 0 Å². The van der Waals surface area contributed by atoms with Crippen molar-refractivity contribution in [2.45, 2.75) is 64.0 Å². The first-order valence-electron chi connectivity index (χ1n) is 7.30. The fraction of sp³-hybridized carbons (Fsp3) is 1.00. The Hall–Kier alpha value is -0.170. The highest BCUT2D eigenvalue weighted by atomic mass is 32.2. The van der Waals surface area contributed by atoms with Gasteiger partial charge in [-0.3, -0.25) is 11.3 Å². The maximum atomic E-state index is 11.5. The number of hydrogen-bond acceptors (Lipinski definition) is 5. The maximum absolute atomic E-state index is 11.5. The van der Waals surface area contributed by atoms with Crippen LogP contribution < -0.4 is 11.3 Å². The number of hydrazine groups is 1. The van der Waals surface area contributed by atoms with Gasteiger partial charge in [0.2, 0.25) is 0 Å². The van der Waals surface area contributed by atoms with Crippen molar-refractivity contribution in [2.75, 3.05) is 18.1 Å². The van der Waals surface area contributed by atoms with Crippen LogP contribution in [-0.2, 0) is 14.6 Å². The highest BCUT2D eigenvalue weighted by Gasteiger charge is 2.41. The maximum Gasteiger partial charge on any atom is 0.150 e. The molecular formula is C13H28N2O3S. The molecule has 0 aromatic carbocycles. The fourth-order valence-electron chi connectivity index (χ4n) is 3.00. The molecule has 1 rings (SSSR count). The predicted octanol–water partition coefficient (Wildman–Crippen LogP) is 1.38. The normalized spacial score (nSPS) is 20.6. The molecular weight excluding hydrogens is 264 g/mol. The second kappa shape index (κ2) is 7.57. The molecule has 0 amide bonds. The van der Waals surface area contributed by atoms with Crippen molar-refractivity contribution in [3.05, 3.63) is 0 Å². The van der Waals surface area contributed by atoms with Crippen molar-refractivity contribution in [1.29, 1.82) is 0 Å². The van der Waals surface area contributed by atoms with Crippen molar-refractivity contribution in [3.63, 3.8) is 0 Å². The molecule has 0 heterocycles. The van der Waals surface area contributed by atoms with E-state index in [-0.39, 0.29) is 23.1 Å². The van der Waals surface area contributed by atoms with E-state index in [1.807, 2.05) is 6.92 Å². The lowest BCUT2D eigenvalue weighted by Crippen LogP contribution is -2.53. The monoisotopic (exact) mass is 292 g/mol. The lowest BCUT2D eigenvalue weighted by Gasteiger charge is -2.37. The molecule has 5 nitrogen and oxygen atoms in total. The summed E-state index contributed by atoms with van der Waals surface area (Å²) < 4.78 is 29.0. The number of nitrogens with two attached hydrogens (primary N) is 1. The number of rotatable bonds is 9. The SMILES string of the molecule is CCOC1(C(CCCS(=O)(=O)CC)NN)CCCC1. The molecule has 1 atom stereocenters. The molecule has 1 unspecified atom stereocenters. The average molecular weight is 292 g/mol. The smallest absolute Gasteiger partial charge is 0.150 e. The van der Waals surface area contributed by atoms with Crippen LogP contribution in [0.2, 0.25) is 0 Å². The van der Waals surface area contributed by atoms with Gasteiger partial charge in [0.15, 0.2) is 0 Å². The molecule has 1 aliphatic rings. The Morgan fingerprint density at radius 3 is 2.42 bits per heavy atom.